The number of halogens is 1. The number of hydrazone groups is 1. The fourth-order valence-electron chi connectivity index (χ4n) is 1.63. The van der Waals surface area contributed by atoms with E-state index in [9.17, 15) is 20.0 Å². The normalized spacial score (nSPS) is 10.6. The van der Waals surface area contributed by atoms with Gasteiger partial charge in [0.1, 0.15) is 5.75 Å². The molecule has 0 saturated carbocycles. The fourth-order valence-corrected chi connectivity index (χ4v) is 1.80. The highest BCUT2D eigenvalue weighted by molar-refractivity contribution is 6.33. The van der Waals surface area contributed by atoms with Crippen LogP contribution in [0.3, 0.4) is 0 Å². The number of phenolic OH excluding ortho intramolecular Hbond substituents is 1. The number of para-hydroxylation sites is 1. The number of nitro groups is 1. The predicted molar refractivity (Wildman–Crippen MR) is 81.3 cm³/mol. The first kappa shape index (κ1) is 15.5. The van der Waals surface area contributed by atoms with E-state index < -0.39 is 10.8 Å². The van der Waals surface area contributed by atoms with Crippen LogP contribution in [0.25, 0.3) is 0 Å². The van der Waals surface area contributed by atoms with E-state index in [1.165, 1.54) is 36.5 Å². The van der Waals surface area contributed by atoms with Crippen molar-refractivity contribution >= 4 is 29.4 Å². The lowest BCUT2D eigenvalue weighted by Gasteiger charge is -2.02. The van der Waals surface area contributed by atoms with E-state index in [0.717, 1.165) is 0 Å². The molecule has 0 atom stereocenters. The summed E-state index contributed by atoms with van der Waals surface area (Å²) in [7, 11) is 0. The first-order chi connectivity index (χ1) is 10.5. The first-order valence-electron chi connectivity index (χ1n) is 6.04. The highest BCUT2D eigenvalue weighted by atomic mass is 35.5. The summed E-state index contributed by atoms with van der Waals surface area (Å²) in [6.07, 6.45) is 1.19. The standard InChI is InChI=1S/C14H10ClN3O4/c15-12-6-5-10(18(21)22)7-9(12)8-16-17-14(20)11-3-1-2-4-13(11)19/h1-8,19H,(H,17,20)/b16-8-. The number of carbonyl (C=O) groups is 1. The second-order valence-corrected chi connectivity index (χ2v) is 4.59. The lowest BCUT2D eigenvalue weighted by atomic mass is 10.2. The van der Waals surface area contributed by atoms with Crippen molar-refractivity contribution in [3.8, 4) is 5.75 Å². The number of phenols is 1. The molecule has 8 heteroatoms. The Balaban J connectivity index is 2.13. The maximum Gasteiger partial charge on any atom is 0.275 e. The van der Waals surface area contributed by atoms with Crippen LogP contribution in [0.15, 0.2) is 47.6 Å². The van der Waals surface area contributed by atoms with Crippen LogP contribution in [-0.2, 0) is 0 Å². The molecule has 0 heterocycles. The average Bonchev–Trinajstić information content (AvgIpc) is 2.49. The average molecular weight is 320 g/mol. The number of hydrogen-bond acceptors (Lipinski definition) is 5. The third-order valence-electron chi connectivity index (χ3n) is 2.71. The van der Waals surface area contributed by atoms with Crippen LogP contribution >= 0.6 is 11.6 Å². The summed E-state index contributed by atoms with van der Waals surface area (Å²) in [4.78, 5) is 21.9. The zero-order chi connectivity index (χ0) is 16.1. The summed E-state index contributed by atoms with van der Waals surface area (Å²) in [5.74, 6) is -0.792. The monoisotopic (exact) mass is 319 g/mol. The quantitative estimate of drug-likeness (QED) is 0.513. The van der Waals surface area contributed by atoms with E-state index in [4.69, 9.17) is 11.6 Å². The van der Waals surface area contributed by atoms with E-state index in [1.807, 2.05) is 0 Å². The van der Waals surface area contributed by atoms with Gasteiger partial charge >= 0.3 is 0 Å². The van der Waals surface area contributed by atoms with Crippen LogP contribution in [0.1, 0.15) is 15.9 Å². The molecular weight excluding hydrogens is 310 g/mol. The molecule has 7 nitrogen and oxygen atoms in total. The fraction of sp³-hybridized carbons (Fsp3) is 0. The lowest BCUT2D eigenvalue weighted by Crippen LogP contribution is -2.17. The molecule has 2 N–H and O–H groups in total. The molecule has 0 aliphatic carbocycles. The molecule has 0 unspecified atom stereocenters. The Kier molecular flexibility index (Phi) is 4.70. The van der Waals surface area contributed by atoms with Gasteiger partial charge in [-0.05, 0) is 18.2 Å². The molecule has 0 aliphatic rings. The maximum absolute atomic E-state index is 11.8. The minimum Gasteiger partial charge on any atom is -0.507 e. The van der Waals surface area contributed by atoms with Gasteiger partial charge < -0.3 is 5.11 Å². The van der Waals surface area contributed by atoms with Gasteiger partial charge in [0, 0.05) is 22.7 Å². The summed E-state index contributed by atoms with van der Waals surface area (Å²) in [5.41, 5.74) is 2.41. The lowest BCUT2D eigenvalue weighted by molar-refractivity contribution is -0.384. The zero-order valence-corrected chi connectivity index (χ0v) is 11.8. The number of amides is 1. The Morgan fingerprint density at radius 1 is 1.32 bits per heavy atom. The van der Waals surface area contributed by atoms with E-state index >= 15 is 0 Å². The van der Waals surface area contributed by atoms with Gasteiger partial charge in [-0.1, -0.05) is 23.7 Å². The summed E-state index contributed by atoms with van der Waals surface area (Å²) in [6, 6.07) is 9.84. The van der Waals surface area contributed by atoms with E-state index in [1.54, 1.807) is 12.1 Å². The van der Waals surface area contributed by atoms with Crippen molar-refractivity contribution in [1.82, 2.24) is 5.43 Å². The van der Waals surface area contributed by atoms with E-state index in [0.29, 0.717) is 0 Å². The van der Waals surface area contributed by atoms with Gasteiger partial charge in [-0.15, -0.1) is 0 Å². The van der Waals surface area contributed by atoms with Gasteiger partial charge in [-0.25, -0.2) is 5.43 Å². The van der Waals surface area contributed by atoms with Gasteiger partial charge in [0.2, 0.25) is 0 Å². The Bertz CT molecular complexity index is 762. The minimum absolute atomic E-state index is 0.0600. The largest absolute Gasteiger partial charge is 0.507 e. The summed E-state index contributed by atoms with van der Waals surface area (Å²) in [5, 5.41) is 24.2. The van der Waals surface area contributed by atoms with Gasteiger partial charge in [0.25, 0.3) is 11.6 Å². The smallest absolute Gasteiger partial charge is 0.275 e. The zero-order valence-electron chi connectivity index (χ0n) is 11.1. The molecule has 0 spiro atoms. The molecule has 0 bridgehead atoms. The van der Waals surface area contributed by atoms with Crippen LogP contribution < -0.4 is 5.43 Å². The number of nitrogens with one attached hydrogen (secondary N) is 1. The van der Waals surface area contributed by atoms with Crippen LogP contribution in [-0.4, -0.2) is 22.2 Å². The van der Waals surface area contributed by atoms with Crippen molar-refractivity contribution in [2.75, 3.05) is 0 Å². The molecule has 0 radical (unpaired) electrons. The Morgan fingerprint density at radius 2 is 2.05 bits per heavy atom. The molecule has 0 fully saturated rings. The second kappa shape index (κ2) is 6.68. The van der Waals surface area contributed by atoms with Crippen molar-refractivity contribution in [1.29, 1.82) is 0 Å². The van der Waals surface area contributed by atoms with Gasteiger partial charge in [-0.2, -0.15) is 5.10 Å². The molecule has 112 valence electrons. The molecule has 2 aromatic carbocycles. The van der Waals surface area contributed by atoms with E-state index in [-0.39, 0.29) is 27.6 Å². The van der Waals surface area contributed by atoms with Crippen molar-refractivity contribution in [2.45, 2.75) is 0 Å². The molecule has 2 aromatic rings. The summed E-state index contributed by atoms with van der Waals surface area (Å²) in [6.45, 7) is 0. The number of rotatable bonds is 4. The Morgan fingerprint density at radius 3 is 2.73 bits per heavy atom. The highest BCUT2D eigenvalue weighted by Crippen LogP contribution is 2.20. The van der Waals surface area contributed by atoms with E-state index in [2.05, 4.69) is 10.5 Å². The number of nitrogens with zero attached hydrogens (tertiary/aromatic N) is 2. The number of aromatic hydroxyl groups is 1. The molecule has 0 aromatic heterocycles. The van der Waals surface area contributed by atoms with Crippen LogP contribution in [0, 0.1) is 10.1 Å². The molecule has 0 aliphatic heterocycles. The SMILES string of the molecule is O=C(N/N=C\c1cc([N+](=O)[O-])ccc1Cl)c1ccccc1O. The van der Waals surface area contributed by atoms with Crippen molar-refractivity contribution < 1.29 is 14.8 Å². The minimum atomic E-state index is -0.615. The summed E-state index contributed by atoms with van der Waals surface area (Å²) < 4.78 is 0. The second-order valence-electron chi connectivity index (χ2n) is 4.18. The number of hydrogen-bond donors (Lipinski definition) is 2. The molecular formula is C14H10ClN3O4. The van der Waals surface area contributed by atoms with Crippen LogP contribution in [0.4, 0.5) is 5.69 Å². The van der Waals surface area contributed by atoms with Crippen molar-refractivity contribution in [3.63, 3.8) is 0 Å². The molecule has 2 rings (SSSR count). The molecule has 0 saturated heterocycles. The summed E-state index contributed by atoms with van der Waals surface area (Å²) >= 11 is 5.89. The third-order valence-corrected chi connectivity index (χ3v) is 3.05. The number of non-ortho nitro benzene ring substituents is 1. The maximum atomic E-state index is 11.8. The van der Waals surface area contributed by atoms with Gasteiger partial charge in [-0.3, -0.25) is 14.9 Å². The van der Waals surface area contributed by atoms with Gasteiger partial charge in [0.05, 0.1) is 16.7 Å². The molecule has 22 heavy (non-hydrogen) atoms. The predicted octanol–water partition coefficient (Wildman–Crippen LogP) is 2.72. The van der Waals surface area contributed by atoms with Gasteiger partial charge in [0.15, 0.2) is 0 Å². The van der Waals surface area contributed by atoms with Crippen molar-refractivity contribution in [3.05, 3.63) is 68.7 Å². The van der Waals surface area contributed by atoms with Crippen LogP contribution in [0.5, 0.6) is 5.75 Å². The number of carbonyl (C=O) groups excluding carboxylic acids is 1. The highest BCUT2D eigenvalue weighted by Gasteiger charge is 2.10. The van der Waals surface area contributed by atoms with Crippen LogP contribution in [0.2, 0.25) is 5.02 Å². The first-order valence-corrected chi connectivity index (χ1v) is 6.42. The Hall–Kier alpha value is -2.93. The van der Waals surface area contributed by atoms with Crippen molar-refractivity contribution in [2.24, 2.45) is 5.10 Å². The number of benzene rings is 2. The Labute approximate surface area is 130 Å². The number of nitro benzene ring substituents is 1. The third kappa shape index (κ3) is 3.58. The topological polar surface area (TPSA) is 105 Å². The molecule has 1 amide bonds.